The van der Waals surface area contributed by atoms with E-state index in [1.807, 2.05) is 78.9 Å². The highest BCUT2D eigenvalue weighted by atomic mass is 16.3. The van der Waals surface area contributed by atoms with Crippen LogP contribution in [-0.2, 0) is 10.8 Å². The Morgan fingerprint density at radius 2 is 0.786 bits per heavy atom. The lowest BCUT2D eigenvalue weighted by molar-refractivity contribution is 0.669. The van der Waals surface area contributed by atoms with Crippen molar-refractivity contribution in [2.45, 2.75) is 10.8 Å². The van der Waals surface area contributed by atoms with Gasteiger partial charge in [0.05, 0.1) is 24.5 Å². The number of para-hydroxylation sites is 1. The molecule has 0 saturated heterocycles. The third-order valence-electron chi connectivity index (χ3n) is 14.6. The first kappa shape index (κ1) is 31.1. The van der Waals surface area contributed by atoms with Gasteiger partial charge in [0.2, 0.25) is 0 Å². The van der Waals surface area contributed by atoms with Crippen LogP contribution < -0.4 is 4.90 Å². The number of hydrogen-bond donors (Lipinski definition) is 0. The first-order valence-corrected chi connectivity index (χ1v) is 23.4. The average molecular weight is 902 g/mol. The highest BCUT2D eigenvalue weighted by Gasteiger charge is 2.48. The molecule has 0 unspecified atom stereocenters. The predicted octanol–water partition coefficient (Wildman–Crippen LogP) is 17.4. The molecule has 328 valence electrons. The number of anilines is 3. The minimum absolute atomic E-state index is 0.230. The first-order chi connectivity index (χ1) is 38.8. The van der Waals surface area contributed by atoms with Crippen LogP contribution in [0.1, 0.15) is 58.2 Å². The topological polar surface area (TPSA) is 16.4 Å². The van der Waals surface area contributed by atoms with Gasteiger partial charge in [0.1, 0.15) is 11.2 Å². The van der Waals surface area contributed by atoms with Crippen LogP contribution in [-0.4, -0.2) is 0 Å². The Morgan fingerprint density at radius 3 is 1.39 bits per heavy atom. The van der Waals surface area contributed by atoms with Crippen LogP contribution in [0.3, 0.4) is 0 Å². The minimum atomic E-state index is -2.05. The molecule has 2 heteroatoms. The highest BCUT2D eigenvalue weighted by Crippen LogP contribution is 2.59. The van der Waals surface area contributed by atoms with Gasteiger partial charge in [-0.15, -0.1) is 0 Å². The van der Waals surface area contributed by atoms with E-state index in [4.69, 9.17) is 12.6 Å². The molecule has 0 aliphatic heterocycles. The largest absolute Gasteiger partial charge is 0.456 e. The summed E-state index contributed by atoms with van der Waals surface area (Å²) < 4.78 is 98.9. The van der Waals surface area contributed by atoms with Crippen LogP contribution in [0.2, 0.25) is 0 Å². The second-order valence-electron chi connectivity index (χ2n) is 18.0. The molecule has 0 N–H and O–H groups in total. The Hall–Kier alpha value is -8.98. The summed E-state index contributed by atoms with van der Waals surface area (Å²) in [5, 5.41) is 1.98. The van der Waals surface area contributed by atoms with Gasteiger partial charge in [-0.05, 0) is 132 Å². The fraction of sp³-hybridized carbons (Fsp3) is 0.0294. The molecular weight excluding hydrogens is 847 g/mol. The molecule has 0 bridgehead atoms. The van der Waals surface area contributed by atoms with Gasteiger partial charge in [0.25, 0.3) is 0 Å². The van der Waals surface area contributed by atoms with E-state index < -0.39 is 71.3 Å². The molecule has 2 aliphatic rings. The number of benzene rings is 11. The van der Waals surface area contributed by atoms with Crippen molar-refractivity contribution >= 4 is 39.0 Å². The molecule has 70 heavy (non-hydrogen) atoms. The molecule has 2 nitrogen and oxygen atoms in total. The van der Waals surface area contributed by atoms with Gasteiger partial charge in [0, 0.05) is 27.8 Å². The average Bonchev–Trinajstić information content (AvgIpc) is 2.60. The maximum absolute atomic E-state index is 9.71. The molecule has 0 atom stereocenters. The maximum Gasteiger partial charge on any atom is 0.135 e. The quantitative estimate of drug-likeness (QED) is 0.151. The molecule has 12 aromatic rings. The molecule has 0 saturated carbocycles. The fourth-order valence-corrected chi connectivity index (χ4v) is 11.7. The molecule has 0 amide bonds. The van der Waals surface area contributed by atoms with Crippen LogP contribution in [0, 0.1) is 0 Å². The SMILES string of the molecule is [2H]c1c([2H])c([2H])c(C2(c3c([2H])c([2H])c([2H])c([2H])c3[2H])c3ccccc3-c3ccc(N(c4cccc(-c5ccc6oc7ccccc7c6c5)c4)c4ccc5c(c4)C(c4ccccc4)(c4ccccc4)c4ccccc4-5)cc32)c([2H])c1[2H]. The minimum Gasteiger partial charge on any atom is -0.456 e. The number of furan rings is 1. The van der Waals surface area contributed by atoms with E-state index in [0.717, 1.165) is 77.8 Å². The van der Waals surface area contributed by atoms with Crippen molar-refractivity contribution in [3.8, 4) is 33.4 Å². The van der Waals surface area contributed by atoms with Crippen molar-refractivity contribution in [1.82, 2.24) is 0 Å². The Labute approximate surface area is 422 Å². The van der Waals surface area contributed by atoms with Crippen molar-refractivity contribution in [3.05, 3.63) is 317 Å². The number of rotatable bonds is 8. The first-order valence-electron chi connectivity index (χ1n) is 28.4. The Kier molecular flexibility index (Phi) is 7.03. The molecule has 1 aromatic heterocycles. The normalized spacial score (nSPS) is 15.7. The van der Waals surface area contributed by atoms with Gasteiger partial charge in [-0.1, -0.05) is 218 Å². The second kappa shape index (κ2) is 15.8. The molecule has 0 fully saturated rings. The van der Waals surface area contributed by atoms with E-state index in [9.17, 15) is 5.48 Å². The lowest BCUT2D eigenvalue weighted by Crippen LogP contribution is -2.29. The highest BCUT2D eigenvalue weighted by molar-refractivity contribution is 6.06. The Balaban J connectivity index is 1.09. The van der Waals surface area contributed by atoms with Crippen molar-refractivity contribution < 1.29 is 18.1 Å². The molecule has 0 spiro atoms. The van der Waals surface area contributed by atoms with Crippen LogP contribution in [0.5, 0.6) is 0 Å². The van der Waals surface area contributed by atoms with Crippen molar-refractivity contribution in [3.63, 3.8) is 0 Å². The van der Waals surface area contributed by atoms with E-state index in [0.29, 0.717) is 27.9 Å². The van der Waals surface area contributed by atoms with E-state index in [1.165, 1.54) is 0 Å². The van der Waals surface area contributed by atoms with E-state index in [1.54, 1.807) is 12.1 Å². The second-order valence-corrected chi connectivity index (χ2v) is 18.0. The van der Waals surface area contributed by atoms with Crippen LogP contribution in [0.15, 0.2) is 277 Å². The van der Waals surface area contributed by atoms with E-state index >= 15 is 0 Å². The summed E-state index contributed by atoms with van der Waals surface area (Å²) in [6, 6.07) is 65.8. The summed E-state index contributed by atoms with van der Waals surface area (Å²) in [5.41, 5.74) is 10.8. The molecular formula is C68H45NO. The monoisotopic (exact) mass is 901 g/mol. The third-order valence-corrected chi connectivity index (χ3v) is 14.6. The predicted molar refractivity (Wildman–Crippen MR) is 288 cm³/mol. The van der Waals surface area contributed by atoms with Gasteiger partial charge in [-0.2, -0.15) is 0 Å². The van der Waals surface area contributed by atoms with Gasteiger partial charge in [-0.25, -0.2) is 0 Å². The zero-order valence-electron chi connectivity index (χ0n) is 47.6. The summed E-state index contributed by atoms with van der Waals surface area (Å²) in [6.07, 6.45) is 0. The summed E-state index contributed by atoms with van der Waals surface area (Å²) in [6.45, 7) is 0. The molecule has 1 heterocycles. The zero-order valence-corrected chi connectivity index (χ0v) is 37.6. The Morgan fingerprint density at radius 1 is 0.314 bits per heavy atom. The van der Waals surface area contributed by atoms with Crippen molar-refractivity contribution in [1.29, 1.82) is 0 Å². The standard InChI is InChI=1S/C68H45NO/c1-5-21-48(22-6-1)67(49-23-7-2-8-24-49)61-33-16-13-30-55(61)57-39-37-53(44-63(57)67)69(52-29-19-20-46(42-52)47-36-41-66-60(43-47)59-32-15-18-35-65(59)70-66)54-38-40-58-56-31-14-17-34-62(56)68(64(58)45-54,50-25-9-3-10-26-50)51-27-11-4-12-28-51/h1-45H/i1D,2D,5D,6D,7D,8D,21D,22D,23D,24D. The number of fused-ring (bicyclic) bond motifs is 9. The molecule has 11 aromatic carbocycles. The van der Waals surface area contributed by atoms with Crippen LogP contribution in [0.25, 0.3) is 55.3 Å². The lowest BCUT2D eigenvalue weighted by Gasteiger charge is -2.36. The maximum atomic E-state index is 9.71. The lowest BCUT2D eigenvalue weighted by atomic mass is 9.67. The van der Waals surface area contributed by atoms with Crippen LogP contribution >= 0.6 is 0 Å². The Bertz CT molecular complexity index is 4410. The summed E-state index contributed by atoms with van der Waals surface area (Å²) in [7, 11) is 0. The van der Waals surface area contributed by atoms with Crippen molar-refractivity contribution in [2.75, 3.05) is 4.90 Å². The number of nitrogens with zero attached hydrogens (tertiary/aromatic N) is 1. The smallest absolute Gasteiger partial charge is 0.135 e. The van der Waals surface area contributed by atoms with E-state index in [-0.39, 0.29) is 11.1 Å². The summed E-state index contributed by atoms with van der Waals surface area (Å²) in [4.78, 5) is 2.15. The third kappa shape index (κ3) is 5.80. The van der Waals surface area contributed by atoms with Gasteiger partial charge < -0.3 is 9.32 Å². The zero-order chi connectivity index (χ0) is 54.9. The van der Waals surface area contributed by atoms with Gasteiger partial charge in [0.15, 0.2) is 0 Å². The van der Waals surface area contributed by atoms with Crippen molar-refractivity contribution in [2.24, 2.45) is 0 Å². The molecule has 14 rings (SSSR count). The van der Waals surface area contributed by atoms with E-state index in [2.05, 4.69) is 126 Å². The summed E-state index contributed by atoms with van der Waals surface area (Å²) in [5.74, 6) is 0. The molecule has 2 aliphatic carbocycles. The fourth-order valence-electron chi connectivity index (χ4n) is 11.7. The summed E-state index contributed by atoms with van der Waals surface area (Å²) >= 11 is 0. The molecule has 0 radical (unpaired) electrons. The van der Waals surface area contributed by atoms with Crippen LogP contribution in [0.4, 0.5) is 17.1 Å². The van der Waals surface area contributed by atoms with Gasteiger partial charge >= 0.3 is 0 Å². The number of hydrogen-bond acceptors (Lipinski definition) is 2. The van der Waals surface area contributed by atoms with Gasteiger partial charge in [-0.3, -0.25) is 0 Å².